The summed E-state index contributed by atoms with van der Waals surface area (Å²) in [6.45, 7) is 13.2. The van der Waals surface area contributed by atoms with Crippen LogP contribution in [0, 0.1) is 12.8 Å². The number of benzene rings is 1. The Kier molecular flexibility index (Phi) is 10.9. The Labute approximate surface area is 220 Å². The summed E-state index contributed by atoms with van der Waals surface area (Å²) in [7, 11) is 0. The summed E-state index contributed by atoms with van der Waals surface area (Å²) in [5.74, 6) is -0.987. The van der Waals surface area contributed by atoms with Crippen LogP contribution in [0.1, 0.15) is 84.4 Å². The van der Waals surface area contributed by atoms with Crippen molar-refractivity contribution in [2.75, 3.05) is 13.2 Å². The van der Waals surface area contributed by atoms with Crippen molar-refractivity contribution in [2.45, 2.75) is 97.9 Å². The minimum absolute atomic E-state index is 0.0353. The van der Waals surface area contributed by atoms with Crippen LogP contribution in [0.3, 0.4) is 0 Å². The van der Waals surface area contributed by atoms with Crippen LogP contribution in [0.25, 0.3) is 0 Å². The van der Waals surface area contributed by atoms with Crippen molar-refractivity contribution >= 4 is 23.9 Å². The molecule has 1 aliphatic carbocycles. The molecule has 0 aromatic heterocycles. The zero-order chi connectivity index (χ0) is 27.8. The maximum absolute atomic E-state index is 14.1. The first kappa shape index (κ1) is 30.1. The molecule has 0 spiro atoms. The van der Waals surface area contributed by atoms with E-state index in [1.807, 2.05) is 45.0 Å². The van der Waals surface area contributed by atoms with Gasteiger partial charge in [0.25, 0.3) is 0 Å². The number of ether oxygens (including phenoxy) is 2. The highest BCUT2D eigenvalue weighted by Gasteiger charge is 2.44. The second-order valence-electron chi connectivity index (χ2n) is 10.9. The van der Waals surface area contributed by atoms with Gasteiger partial charge in [-0.05, 0) is 70.9 Å². The van der Waals surface area contributed by atoms with Gasteiger partial charge in [0.15, 0.2) is 0 Å². The third kappa shape index (κ3) is 9.70. The van der Waals surface area contributed by atoms with Crippen molar-refractivity contribution < 1.29 is 28.7 Å². The van der Waals surface area contributed by atoms with Gasteiger partial charge in [-0.2, -0.15) is 0 Å². The molecule has 1 aromatic rings. The Morgan fingerprint density at radius 2 is 1.76 bits per heavy atom. The van der Waals surface area contributed by atoms with E-state index in [0.29, 0.717) is 12.0 Å². The van der Waals surface area contributed by atoms with E-state index >= 15 is 0 Å². The van der Waals surface area contributed by atoms with Gasteiger partial charge in [0.05, 0.1) is 13.0 Å². The van der Waals surface area contributed by atoms with Gasteiger partial charge in [0.2, 0.25) is 11.8 Å². The lowest BCUT2D eigenvalue weighted by molar-refractivity contribution is -0.145. The van der Waals surface area contributed by atoms with E-state index in [4.69, 9.17) is 9.47 Å². The Morgan fingerprint density at radius 3 is 2.30 bits per heavy atom. The average Bonchev–Trinajstić information content (AvgIpc) is 3.61. The van der Waals surface area contributed by atoms with Gasteiger partial charge >= 0.3 is 12.1 Å². The molecule has 2 unspecified atom stereocenters. The lowest BCUT2D eigenvalue weighted by Crippen LogP contribution is -2.54. The summed E-state index contributed by atoms with van der Waals surface area (Å²) in [5.41, 5.74) is 0.859. The van der Waals surface area contributed by atoms with Crippen molar-refractivity contribution in [3.63, 3.8) is 0 Å². The van der Waals surface area contributed by atoms with Crippen LogP contribution in [0.2, 0.25) is 0 Å². The van der Waals surface area contributed by atoms with Crippen LogP contribution in [0.4, 0.5) is 4.79 Å². The first-order valence-corrected chi connectivity index (χ1v) is 13.1. The Bertz CT molecular complexity index is 951. The number of esters is 1. The number of carbonyl (C=O) groups is 4. The molecule has 206 valence electrons. The molecule has 3 amide bonds. The Hall–Kier alpha value is -3.10. The van der Waals surface area contributed by atoms with Crippen LogP contribution >= 0.6 is 0 Å². The molecular formula is C28H43N3O6. The molecular weight excluding hydrogens is 474 g/mol. The van der Waals surface area contributed by atoms with E-state index < -0.39 is 29.7 Å². The average molecular weight is 518 g/mol. The molecule has 2 N–H and O–H groups in total. The van der Waals surface area contributed by atoms with Crippen LogP contribution in [-0.2, 0) is 23.9 Å². The Balaban J connectivity index is 2.38. The number of carbonyl (C=O) groups excluding carboxylic acids is 4. The highest BCUT2D eigenvalue weighted by molar-refractivity contribution is 5.93. The number of hydrogen-bond acceptors (Lipinski definition) is 6. The SMILES string of the molecule is CCOC(=O)CCNC(=O)C(c1ccccc1C)N(C(=O)C(CC(C)C)NC(=O)OC(C)(C)C)C1CC1. The molecule has 0 saturated heterocycles. The molecule has 1 aromatic carbocycles. The molecule has 9 nitrogen and oxygen atoms in total. The summed E-state index contributed by atoms with van der Waals surface area (Å²) in [6.07, 6.45) is 1.30. The van der Waals surface area contributed by atoms with E-state index in [-0.39, 0.29) is 43.3 Å². The number of rotatable bonds is 12. The summed E-state index contributed by atoms with van der Waals surface area (Å²) in [4.78, 5) is 53.7. The highest BCUT2D eigenvalue weighted by atomic mass is 16.6. The molecule has 37 heavy (non-hydrogen) atoms. The van der Waals surface area contributed by atoms with Crippen molar-refractivity contribution in [2.24, 2.45) is 5.92 Å². The van der Waals surface area contributed by atoms with Gasteiger partial charge in [0.1, 0.15) is 17.7 Å². The van der Waals surface area contributed by atoms with Crippen LogP contribution in [-0.4, -0.2) is 59.6 Å². The zero-order valence-corrected chi connectivity index (χ0v) is 23.3. The summed E-state index contributed by atoms with van der Waals surface area (Å²) >= 11 is 0. The number of hydrogen-bond donors (Lipinski definition) is 2. The number of amides is 3. The van der Waals surface area contributed by atoms with E-state index in [1.165, 1.54) is 0 Å². The topological polar surface area (TPSA) is 114 Å². The smallest absolute Gasteiger partial charge is 0.408 e. The Morgan fingerprint density at radius 1 is 1.11 bits per heavy atom. The fourth-order valence-corrected chi connectivity index (χ4v) is 4.12. The number of nitrogens with one attached hydrogen (secondary N) is 2. The molecule has 0 bridgehead atoms. The van der Waals surface area contributed by atoms with E-state index in [9.17, 15) is 19.2 Å². The summed E-state index contributed by atoms with van der Waals surface area (Å²) in [5, 5.41) is 5.58. The normalized spacial score (nSPS) is 14.9. The van der Waals surface area contributed by atoms with E-state index in [2.05, 4.69) is 10.6 Å². The second kappa shape index (κ2) is 13.4. The van der Waals surface area contributed by atoms with Gasteiger partial charge in [-0.3, -0.25) is 14.4 Å². The molecule has 1 saturated carbocycles. The third-order valence-corrected chi connectivity index (χ3v) is 5.83. The predicted molar refractivity (Wildman–Crippen MR) is 141 cm³/mol. The van der Waals surface area contributed by atoms with Gasteiger partial charge in [-0.25, -0.2) is 4.79 Å². The van der Waals surface area contributed by atoms with Gasteiger partial charge in [-0.1, -0.05) is 38.1 Å². The monoisotopic (exact) mass is 517 g/mol. The fourth-order valence-electron chi connectivity index (χ4n) is 4.12. The van der Waals surface area contributed by atoms with Crippen molar-refractivity contribution in [1.29, 1.82) is 0 Å². The maximum atomic E-state index is 14.1. The molecule has 1 fully saturated rings. The summed E-state index contributed by atoms with van der Waals surface area (Å²) < 4.78 is 10.4. The fraction of sp³-hybridized carbons (Fsp3) is 0.643. The predicted octanol–water partition coefficient (Wildman–Crippen LogP) is 4.04. The minimum Gasteiger partial charge on any atom is -0.466 e. The quantitative estimate of drug-likeness (QED) is 0.405. The molecule has 0 heterocycles. The number of nitrogens with zero attached hydrogens (tertiary/aromatic N) is 1. The minimum atomic E-state index is -0.904. The first-order chi connectivity index (χ1) is 17.3. The van der Waals surface area contributed by atoms with Crippen molar-refractivity contribution in [1.82, 2.24) is 15.5 Å². The lowest BCUT2D eigenvalue weighted by Gasteiger charge is -2.35. The van der Waals surface area contributed by atoms with Crippen LogP contribution < -0.4 is 10.6 Å². The number of alkyl carbamates (subject to hydrolysis) is 1. The van der Waals surface area contributed by atoms with Crippen molar-refractivity contribution in [3.8, 4) is 0 Å². The molecule has 0 aliphatic heterocycles. The standard InChI is InChI=1S/C28H43N3O6/c1-8-36-23(32)15-16-29-25(33)24(21-12-10-9-11-19(21)4)31(20-13-14-20)26(34)22(17-18(2)3)30-27(35)37-28(5,6)7/h9-12,18,20,22,24H,8,13-17H2,1-7H3,(H,29,33)(H,30,35). The largest absolute Gasteiger partial charge is 0.466 e. The van der Waals surface area contributed by atoms with E-state index in [0.717, 1.165) is 18.4 Å². The van der Waals surface area contributed by atoms with Crippen LogP contribution in [0.15, 0.2) is 24.3 Å². The van der Waals surface area contributed by atoms with Gasteiger partial charge < -0.3 is 25.0 Å². The molecule has 2 rings (SSSR count). The molecule has 0 radical (unpaired) electrons. The number of aryl methyl sites for hydroxylation is 1. The zero-order valence-electron chi connectivity index (χ0n) is 23.3. The van der Waals surface area contributed by atoms with Gasteiger partial charge in [0, 0.05) is 12.6 Å². The summed E-state index contributed by atoms with van der Waals surface area (Å²) in [6, 6.07) is 5.57. The lowest BCUT2D eigenvalue weighted by atomic mass is 9.96. The molecule has 1 aliphatic rings. The second-order valence-corrected chi connectivity index (χ2v) is 10.9. The van der Waals surface area contributed by atoms with Gasteiger partial charge in [-0.15, -0.1) is 0 Å². The highest BCUT2D eigenvalue weighted by Crippen LogP contribution is 2.37. The first-order valence-electron chi connectivity index (χ1n) is 13.1. The third-order valence-electron chi connectivity index (χ3n) is 5.83. The van der Waals surface area contributed by atoms with Crippen molar-refractivity contribution in [3.05, 3.63) is 35.4 Å². The molecule has 2 atom stereocenters. The molecule has 9 heteroatoms. The van der Waals surface area contributed by atoms with Crippen LogP contribution in [0.5, 0.6) is 0 Å². The van der Waals surface area contributed by atoms with E-state index in [1.54, 1.807) is 32.6 Å². The maximum Gasteiger partial charge on any atom is 0.408 e.